The van der Waals surface area contributed by atoms with E-state index in [-0.39, 0.29) is 5.82 Å². The minimum Gasteiger partial charge on any atom is -0.493 e. The van der Waals surface area contributed by atoms with Crippen LogP contribution in [0.4, 0.5) is 4.39 Å². The maximum atomic E-state index is 14.1. The van der Waals surface area contributed by atoms with Crippen LogP contribution >= 0.6 is 0 Å². The maximum Gasteiger partial charge on any atom is 0.170 e. The van der Waals surface area contributed by atoms with Crippen molar-refractivity contribution in [1.29, 1.82) is 0 Å². The Morgan fingerprint density at radius 3 is 2.77 bits per heavy atom. The van der Waals surface area contributed by atoms with Crippen molar-refractivity contribution in [1.82, 2.24) is 10.5 Å². The fourth-order valence-corrected chi connectivity index (χ4v) is 4.21. The van der Waals surface area contributed by atoms with Crippen molar-refractivity contribution in [3.8, 4) is 11.5 Å². The lowest BCUT2D eigenvalue weighted by Crippen LogP contribution is -2.26. The SMILES string of the molecule is CCc1ccc(OCCCc2cc(F)cc3onc(C4CCNCC4)c23)c(OC)c1. The number of halogens is 1. The Morgan fingerprint density at radius 1 is 1.17 bits per heavy atom. The van der Waals surface area contributed by atoms with Crippen molar-refractivity contribution in [2.24, 2.45) is 0 Å². The van der Waals surface area contributed by atoms with Crippen molar-refractivity contribution >= 4 is 11.0 Å². The van der Waals surface area contributed by atoms with E-state index in [1.54, 1.807) is 13.2 Å². The molecular weight excluding hydrogens is 383 g/mol. The van der Waals surface area contributed by atoms with Crippen LogP contribution < -0.4 is 14.8 Å². The number of nitrogens with one attached hydrogen (secondary N) is 1. The molecule has 5 nitrogen and oxygen atoms in total. The summed E-state index contributed by atoms with van der Waals surface area (Å²) in [4.78, 5) is 0. The summed E-state index contributed by atoms with van der Waals surface area (Å²) >= 11 is 0. The monoisotopic (exact) mass is 412 g/mol. The molecule has 1 fully saturated rings. The average Bonchev–Trinajstić information content (AvgIpc) is 3.21. The highest BCUT2D eigenvalue weighted by atomic mass is 19.1. The van der Waals surface area contributed by atoms with Crippen molar-refractivity contribution in [2.75, 3.05) is 26.8 Å². The van der Waals surface area contributed by atoms with Crippen LogP contribution in [0.3, 0.4) is 0 Å². The van der Waals surface area contributed by atoms with Gasteiger partial charge in [0.15, 0.2) is 17.1 Å². The van der Waals surface area contributed by atoms with Crippen LogP contribution in [0, 0.1) is 5.82 Å². The molecule has 30 heavy (non-hydrogen) atoms. The van der Waals surface area contributed by atoms with Gasteiger partial charge in [-0.05, 0) is 74.5 Å². The van der Waals surface area contributed by atoms with E-state index in [0.29, 0.717) is 24.5 Å². The minimum atomic E-state index is -0.289. The Labute approximate surface area is 176 Å². The summed E-state index contributed by atoms with van der Waals surface area (Å²) in [5.41, 5.74) is 3.66. The van der Waals surface area contributed by atoms with Crippen molar-refractivity contribution in [3.63, 3.8) is 0 Å². The lowest BCUT2D eigenvalue weighted by molar-refractivity contribution is 0.289. The van der Waals surface area contributed by atoms with Crippen LogP contribution in [0.25, 0.3) is 11.0 Å². The molecule has 160 valence electrons. The summed E-state index contributed by atoms with van der Waals surface area (Å²) in [5.74, 6) is 1.55. The van der Waals surface area contributed by atoms with E-state index in [1.165, 1.54) is 11.6 Å². The topological polar surface area (TPSA) is 56.5 Å². The van der Waals surface area contributed by atoms with Gasteiger partial charge in [0.05, 0.1) is 19.4 Å². The van der Waals surface area contributed by atoms with Crippen LogP contribution in [0.2, 0.25) is 0 Å². The molecule has 0 unspecified atom stereocenters. The molecule has 0 aliphatic carbocycles. The number of hydrogen-bond acceptors (Lipinski definition) is 5. The van der Waals surface area contributed by atoms with Gasteiger partial charge in [-0.25, -0.2) is 4.39 Å². The van der Waals surface area contributed by atoms with Gasteiger partial charge < -0.3 is 19.3 Å². The third kappa shape index (κ3) is 4.43. The number of rotatable bonds is 8. The van der Waals surface area contributed by atoms with Crippen LogP contribution in [0.1, 0.15) is 48.9 Å². The third-order valence-electron chi connectivity index (χ3n) is 5.86. The molecule has 0 bridgehead atoms. The molecule has 0 spiro atoms. The highest BCUT2D eigenvalue weighted by molar-refractivity contribution is 5.84. The first-order valence-corrected chi connectivity index (χ1v) is 10.8. The second-order valence-corrected chi connectivity index (χ2v) is 7.82. The zero-order chi connectivity index (χ0) is 20.9. The molecule has 1 saturated heterocycles. The zero-order valence-corrected chi connectivity index (χ0v) is 17.7. The molecule has 1 aliphatic rings. The molecule has 4 rings (SSSR count). The standard InChI is InChI=1S/C24H29FN2O3/c1-3-16-6-7-20(21(13-16)28-2)29-12-4-5-18-14-19(25)15-22-23(18)24(27-30-22)17-8-10-26-11-9-17/h6-7,13-15,17,26H,3-5,8-12H2,1-2H3. The van der Waals surface area contributed by atoms with Gasteiger partial charge in [-0.15, -0.1) is 0 Å². The fourth-order valence-electron chi connectivity index (χ4n) is 4.21. The second-order valence-electron chi connectivity index (χ2n) is 7.82. The van der Waals surface area contributed by atoms with Gasteiger partial charge in [-0.3, -0.25) is 0 Å². The Morgan fingerprint density at radius 2 is 2.00 bits per heavy atom. The molecule has 0 radical (unpaired) electrons. The van der Waals surface area contributed by atoms with Gasteiger partial charge in [0.2, 0.25) is 0 Å². The fraction of sp³-hybridized carbons (Fsp3) is 0.458. The van der Waals surface area contributed by atoms with Gasteiger partial charge in [-0.2, -0.15) is 0 Å². The van der Waals surface area contributed by atoms with Crippen LogP contribution in [-0.2, 0) is 12.8 Å². The van der Waals surface area contributed by atoms with Gasteiger partial charge >= 0.3 is 0 Å². The van der Waals surface area contributed by atoms with Crippen molar-refractivity contribution in [3.05, 3.63) is 53.0 Å². The van der Waals surface area contributed by atoms with E-state index in [1.807, 2.05) is 12.1 Å². The predicted molar refractivity (Wildman–Crippen MR) is 115 cm³/mol. The largest absolute Gasteiger partial charge is 0.493 e. The van der Waals surface area contributed by atoms with Gasteiger partial charge in [0.1, 0.15) is 5.82 Å². The van der Waals surface area contributed by atoms with Crippen molar-refractivity contribution in [2.45, 2.75) is 44.9 Å². The molecule has 6 heteroatoms. The number of benzene rings is 2. The smallest absolute Gasteiger partial charge is 0.170 e. The normalized spacial score (nSPS) is 14.9. The molecular formula is C24H29FN2O3. The first kappa shape index (κ1) is 20.7. The Kier molecular flexibility index (Phi) is 6.53. The number of ether oxygens (including phenoxy) is 2. The van der Waals surface area contributed by atoms with E-state index in [4.69, 9.17) is 14.0 Å². The van der Waals surface area contributed by atoms with E-state index in [0.717, 1.165) is 66.9 Å². The molecule has 0 atom stereocenters. The molecule has 2 heterocycles. The molecule has 0 amide bonds. The quantitative estimate of drug-likeness (QED) is 0.527. The van der Waals surface area contributed by atoms with Crippen LogP contribution in [0.5, 0.6) is 11.5 Å². The molecule has 1 aliphatic heterocycles. The summed E-state index contributed by atoms with van der Waals surface area (Å²) in [6.07, 6.45) is 4.45. The summed E-state index contributed by atoms with van der Waals surface area (Å²) in [7, 11) is 1.65. The van der Waals surface area contributed by atoms with E-state index in [2.05, 4.69) is 23.5 Å². The summed E-state index contributed by atoms with van der Waals surface area (Å²) in [5, 5.41) is 8.68. The number of aromatic nitrogens is 1. The zero-order valence-electron chi connectivity index (χ0n) is 17.7. The molecule has 0 saturated carbocycles. The average molecular weight is 413 g/mol. The number of fused-ring (bicyclic) bond motifs is 1. The summed E-state index contributed by atoms with van der Waals surface area (Å²) in [6.45, 7) is 4.58. The van der Waals surface area contributed by atoms with Gasteiger partial charge in [0, 0.05) is 17.4 Å². The molecule has 1 N–H and O–H groups in total. The van der Waals surface area contributed by atoms with Crippen LogP contribution in [0.15, 0.2) is 34.9 Å². The maximum absolute atomic E-state index is 14.1. The number of hydrogen-bond donors (Lipinski definition) is 1. The predicted octanol–water partition coefficient (Wildman–Crippen LogP) is 5.02. The third-order valence-corrected chi connectivity index (χ3v) is 5.86. The minimum absolute atomic E-state index is 0.289. The van der Waals surface area contributed by atoms with E-state index in [9.17, 15) is 4.39 Å². The van der Waals surface area contributed by atoms with E-state index < -0.39 is 0 Å². The lowest BCUT2D eigenvalue weighted by atomic mass is 9.90. The number of methoxy groups -OCH3 is 1. The first-order chi connectivity index (χ1) is 14.7. The number of nitrogens with zero attached hydrogens (tertiary/aromatic N) is 1. The van der Waals surface area contributed by atoms with Crippen molar-refractivity contribution < 1.29 is 18.4 Å². The van der Waals surface area contributed by atoms with Gasteiger partial charge in [-0.1, -0.05) is 18.1 Å². The molecule has 1 aromatic heterocycles. The van der Waals surface area contributed by atoms with E-state index >= 15 is 0 Å². The lowest BCUT2D eigenvalue weighted by Gasteiger charge is -2.21. The molecule has 3 aromatic rings. The Balaban J connectivity index is 1.47. The van der Waals surface area contributed by atoms with Gasteiger partial charge in [0.25, 0.3) is 0 Å². The van der Waals surface area contributed by atoms with Crippen LogP contribution in [-0.4, -0.2) is 32.0 Å². The Bertz CT molecular complexity index is 996. The highest BCUT2D eigenvalue weighted by Crippen LogP contribution is 2.34. The Hall–Kier alpha value is -2.60. The first-order valence-electron chi connectivity index (χ1n) is 10.8. The molecule has 2 aromatic carbocycles. The highest BCUT2D eigenvalue weighted by Gasteiger charge is 2.23. The second kappa shape index (κ2) is 9.47. The number of piperidine rings is 1. The summed E-state index contributed by atoms with van der Waals surface area (Å²) in [6, 6.07) is 9.06. The number of aryl methyl sites for hydroxylation is 2. The summed E-state index contributed by atoms with van der Waals surface area (Å²) < 4.78 is 31.0.